The van der Waals surface area contributed by atoms with Crippen molar-refractivity contribution < 1.29 is 18.7 Å². The van der Waals surface area contributed by atoms with E-state index in [2.05, 4.69) is 5.32 Å². The van der Waals surface area contributed by atoms with E-state index in [0.29, 0.717) is 5.56 Å². The van der Waals surface area contributed by atoms with Crippen LogP contribution in [0.3, 0.4) is 0 Å². The van der Waals surface area contributed by atoms with Crippen molar-refractivity contribution >= 4 is 17.7 Å². The number of hydrogen-bond acceptors (Lipinski definition) is 3. The van der Waals surface area contributed by atoms with Crippen molar-refractivity contribution in [1.29, 1.82) is 0 Å². The monoisotopic (exact) mass is 275 g/mol. The SMILES string of the molecule is CSc1ccc(C)c(C(=O)NCC(O)C(F)F)c1. The predicted molar refractivity (Wildman–Crippen MR) is 67.3 cm³/mol. The highest BCUT2D eigenvalue weighted by Crippen LogP contribution is 2.19. The van der Waals surface area contributed by atoms with Crippen molar-refractivity contribution in [2.75, 3.05) is 12.8 Å². The number of benzene rings is 1. The van der Waals surface area contributed by atoms with Crippen molar-refractivity contribution in [3.8, 4) is 0 Å². The zero-order chi connectivity index (χ0) is 13.7. The van der Waals surface area contributed by atoms with Crippen LogP contribution in [0.2, 0.25) is 0 Å². The van der Waals surface area contributed by atoms with Crippen LogP contribution in [0.5, 0.6) is 0 Å². The fourth-order valence-corrected chi connectivity index (χ4v) is 1.79. The van der Waals surface area contributed by atoms with Gasteiger partial charge in [-0.05, 0) is 30.9 Å². The van der Waals surface area contributed by atoms with Gasteiger partial charge in [0.05, 0.1) is 0 Å². The maximum absolute atomic E-state index is 12.1. The summed E-state index contributed by atoms with van der Waals surface area (Å²) in [6.45, 7) is 1.31. The molecule has 100 valence electrons. The average Bonchev–Trinajstić information content (AvgIpc) is 2.35. The Balaban J connectivity index is 2.72. The molecule has 18 heavy (non-hydrogen) atoms. The second-order valence-corrected chi connectivity index (χ2v) is 4.67. The first-order valence-corrected chi connectivity index (χ1v) is 6.57. The molecule has 0 aliphatic rings. The number of thioether (sulfide) groups is 1. The summed E-state index contributed by atoms with van der Waals surface area (Å²) in [7, 11) is 0. The first-order valence-electron chi connectivity index (χ1n) is 5.34. The Morgan fingerprint density at radius 1 is 1.50 bits per heavy atom. The lowest BCUT2D eigenvalue weighted by atomic mass is 10.1. The number of carbonyl (C=O) groups is 1. The van der Waals surface area contributed by atoms with E-state index < -0.39 is 25.0 Å². The molecule has 1 atom stereocenters. The second kappa shape index (κ2) is 6.70. The standard InChI is InChI=1S/C12H15F2NO2S/c1-7-3-4-8(18-2)5-9(7)12(17)15-6-10(16)11(13)14/h3-5,10-11,16H,6H2,1-2H3,(H,15,17). The van der Waals surface area contributed by atoms with E-state index in [1.807, 2.05) is 12.3 Å². The third kappa shape index (κ3) is 3.96. The Morgan fingerprint density at radius 3 is 2.72 bits per heavy atom. The lowest BCUT2D eigenvalue weighted by Gasteiger charge is -2.12. The van der Waals surface area contributed by atoms with Crippen LogP contribution in [-0.2, 0) is 0 Å². The van der Waals surface area contributed by atoms with Gasteiger partial charge in [-0.1, -0.05) is 6.07 Å². The summed E-state index contributed by atoms with van der Waals surface area (Å²) < 4.78 is 24.1. The number of alkyl halides is 2. The molecule has 0 saturated heterocycles. The van der Waals surface area contributed by atoms with Gasteiger partial charge in [0, 0.05) is 17.0 Å². The molecule has 1 amide bonds. The molecule has 1 aromatic rings. The van der Waals surface area contributed by atoms with Gasteiger partial charge in [-0.25, -0.2) is 8.78 Å². The van der Waals surface area contributed by atoms with Crippen LogP contribution in [-0.4, -0.2) is 36.3 Å². The van der Waals surface area contributed by atoms with Gasteiger partial charge in [0.1, 0.15) is 6.10 Å². The molecule has 0 spiro atoms. The Labute approximate surface area is 109 Å². The molecular formula is C12H15F2NO2S. The molecule has 3 nitrogen and oxygen atoms in total. The summed E-state index contributed by atoms with van der Waals surface area (Å²) in [5.74, 6) is -0.455. The number of aryl methyl sites for hydroxylation is 1. The van der Waals surface area contributed by atoms with Crippen molar-refractivity contribution in [2.45, 2.75) is 24.3 Å². The molecule has 0 radical (unpaired) electrons. The maximum Gasteiger partial charge on any atom is 0.265 e. The highest BCUT2D eigenvalue weighted by atomic mass is 32.2. The molecule has 2 N–H and O–H groups in total. The molecule has 6 heteroatoms. The van der Waals surface area contributed by atoms with Crippen molar-refractivity contribution in [3.05, 3.63) is 29.3 Å². The fraction of sp³-hybridized carbons (Fsp3) is 0.417. The number of amides is 1. The topological polar surface area (TPSA) is 49.3 Å². The van der Waals surface area contributed by atoms with Crippen LogP contribution in [0.25, 0.3) is 0 Å². The molecule has 0 aliphatic heterocycles. The molecule has 0 bridgehead atoms. The molecule has 0 fully saturated rings. The van der Waals surface area contributed by atoms with E-state index in [4.69, 9.17) is 5.11 Å². The predicted octanol–water partition coefficient (Wildman–Crippen LogP) is 2.07. The number of halogens is 2. The van der Waals surface area contributed by atoms with Crippen molar-refractivity contribution in [1.82, 2.24) is 5.32 Å². The minimum atomic E-state index is -2.86. The van der Waals surface area contributed by atoms with Crippen LogP contribution < -0.4 is 5.32 Å². The van der Waals surface area contributed by atoms with E-state index in [1.165, 1.54) is 11.8 Å². The Bertz CT molecular complexity index is 427. The van der Waals surface area contributed by atoms with E-state index in [1.54, 1.807) is 19.1 Å². The quantitative estimate of drug-likeness (QED) is 0.809. The highest BCUT2D eigenvalue weighted by molar-refractivity contribution is 7.98. The van der Waals surface area contributed by atoms with Crippen molar-refractivity contribution in [3.63, 3.8) is 0 Å². The molecule has 0 aliphatic carbocycles. The lowest BCUT2D eigenvalue weighted by molar-refractivity contribution is -0.00270. The Kier molecular flexibility index (Phi) is 5.55. The summed E-state index contributed by atoms with van der Waals surface area (Å²) >= 11 is 1.49. The zero-order valence-electron chi connectivity index (χ0n) is 10.1. The van der Waals surface area contributed by atoms with Crippen molar-refractivity contribution in [2.24, 2.45) is 0 Å². The number of aliphatic hydroxyl groups is 1. The number of rotatable bonds is 5. The Morgan fingerprint density at radius 2 is 2.17 bits per heavy atom. The molecule has 0 heterocycles. The fourth-order valence-electron chi connectivity index (χ4n) is 1.35. The van der Waals surface area contributed by atoms with E-state index in [-0.39, 0.29) is 0 Å². The summed E-state index contributed by atoms with van der Waals surface area (Å²) in [5.41, 5.74) is 1.19. The summed E-state index contributed by atoms with van der Waals surface area (Å²) in [5, 5.41) is 11.2. The van der Waals surface area contributed by atoms with Gasteiger partial charge < -0.3 is 10.4 Å². The normalized spacial score (nSPS) is 12.6. The smallest absolute Gasteiger partial charge is 0.265 e. The lowest BCUT2D eigenvalue weighted by Crippen LogP contribution is -2.36. The number of nitrogens with one attached hydrogen (secondary N) is 1. The average molecular weight is 275 g/mol. The van der Waals surface area contributed by atoms with Gasteiger partial charge in [0.15, 0.2) is 0 Å². The second-order valence-electron chi connectivity index (χ2n) is 3.79. The van der Waals surface area contributed by atoms with Gasteiger partial charge >= 0.3 is 0 Å². The van der Waals surface area contributed by atoms with Gasteiger partial charge in [-0.2, -0.15) is 0 Å². The molecule has 1 rings (SSSR count). The van der Waals surface area contributed by atoms with E-state index in [9.17, 15) is 13.6 Å². The van der Waals surface area contributed by atoms with Gasteiger partial charge in [-0.3, -0.25) is 4.79 Å². The molecule has 1 aromatic carbocycles. The van der Waals surface area contributed by atoms with Crippen LogP contribution in [0, 0.1) is 6.92 Å². The summed E-state index contributed by atoms with van der Waals surface area (Å²) in [4.78, 5) is 12.7. The minimum Gasteiger partial charge on any atom is -0.385 e. The summed E-state index contributed by atoms with van der Waals surface area (Å²) in [6, 6.07) is 5.37. The number of aliphatic hydroxyl groups excluding tert-OH is 1. The number of carbonyl (C=O) groups excluding carboxylic acids is 1. The molecular weight excluding hydrogens is 260 g/mol. The highest BCUT2D eigenvalue weighted by Gasteiger charge is 2.18. The third-order valence-corrected chi connectivity index (χ3v) is 3.18. The minimum absolute atomic E-state index is 0.434. The number of hydrogen-bond donors (Lipinski definition) is 2. The maximum atomic E-state index is 12.1. The van der Waals surface area contributed by atoms with E-state index in [0.717, 1.165) is 10.5 Å². The first kappa shape index (κ1) is 14.9. The molecule has 0 saturated carbocycles. The van der Waals surface area contributed by atoms with Gasteiger partial charge in [0.25, 0.3) is 12.3 Å². The molecule has 1 unspecified atom stereocenters. The zero-order valence-corrected chi connectivity index (χ0v) is 10.9. The molecule has 0 aromatic heterocycles. The van der Waals surface area contributed by atoms with Gasteiger partial charge in [-0.15, -0.1) is 11.8 Å². The summed E-state index contributed by atoms with van der Waals surface area (Å²) in [6.07, 6.45) is -2.81. The first-order chi connectivity index (χ1) is 8.45. The van der Waals surface area contributed by atoms with Crippen LogP contribution in [0.4, 0.5) is 8.78 Å². The van der Waals surface area contributed by atoms with Gasteiger partial charge in [0.2, 0.25) is 0 Å². The van der Waals surface area contributed by atoms with Crippen LogP contribution in [0.1, 0.15) is 15.9 Å². The van der Waals surface area contributed by atoms with Crippen LogP contribution >= 0.6 is 11.8 Å². The van der Waals surface area contributed by atoms with E-state index >= 15 is 0 Å². The Hall–Kier alpha value is -1.14. The van der Waals surface area contributed by atoms with Crippen LogP contribution in [0.15, 0.2) is 23.1 Å². The third-order valence-electron chi connectivity index (χ3n) is 2.45. The largest absolute Gasteiger partial charge is 0.385 e.